The van der Waals surface area contributed by atoms with Crippen molar-refractivity contribution in [2.45, 2.75) is 18.9 Å². The van der Waals surface area contributed by atoms with Gasteiger partial charge in [-0.1, -0.05) is 0 Å². The molecule has 1 heterocycles. The van der Waals surface area contributed by atoms with Crippen LogP contribution < -0.4 is 19.5 Å². The van der Waals surface area contributed by atoms with Crippen LogP contribution in [0.5, 0.6) is 17.2 Å². The predicted octanol–water partition coefficient (Wildman–Crippen LogP) is 2.31. The Kier molecular flexibility index (Phi) is 6.41. The standard InChI is InChI=1S/C16H24F2N2O3/c1-21-13-5-4-11(15(22-2)16(13)23-3)12(10-14(17)18)20-8-6-19-7-9-20/h4-5,12,14,19H,6-10H2,1-3H3/t12-/m1/s1. The van der Waals surface area contributed by atoms with E-state index < -0.39 is 12.5 Å². The van der Waals surface area contributed by atoms with E-state index in [-0.39, 0.29) is 6.42 Å². The van der Waals surface area contributed by atoms with Gasteiger partial charge in [-0.15, -0.1) is 0 Å². The highest BCUT2D eigenvalue weighted by Crippen LogP contribution is 2.44. The Morgan fingerprint density at radius 2 is 1.70 bits per heavy atom. The summed E-state index contributed by atoms with van der Waals surface area (Å²) in [6.07, 6.45) is -2.64. The van der Waals surface area contributed by atoms with E-state index in [0.29, 0.717) is 22.8 Å². The Bertz CT molecular complexity index is 508. The molecular formula is C16H24F2N2O3. The van der Waals surface area contributed by atoms with Crippen molar-refractivity contribution in [2.75, 3.05) is 47.5 Å². The van der Waals surface area contributed by atoms with Crippen molar-refractivity contribution < 1.29 is 23.0 Å². The summed E-state index contributed by atoms with van der Waals surface area (Å²) in [4.78, 5) is 2.06. The van der Waals surface area contributed by atoms with E-state index in [0.717, 1.165) is 26.2 Å². The summed E-state index contributed by atoms with van der Waals surface area (Å²) >= 11 is 0. The Morgan fingerprint density at radius 1 is 1.04 bits per heavy atom. The molecule has 7 heteroatoms. The van der Waals surface area contributed by atoms with Gasteiger partial charge in [-0.3, -0.25) is 4.90 Å². The van der Waals surface area contributed by atoms with Gasteiger partial charge in [-0.05, 0) is 12.1 Å². The largest absolute Gasteiger partial charge is 0.493 e. The molecule has 1 aromatic rings. The topological polar surface area (TPSA) is 43.0 Å². The van der Waals surface area contributed by atoms with Gasteiger partial charge in [0.25, 0.3) is 0 Å². The number of nitrogens with one attached hydrogen (secondary N) is 1. The molecule has 0 saturated carbocycles. The highest BCUT2D eigenvalue weighted by Gasteiger charge is 2.30. The molecule has 1 aliphatic heterocycles. The molecule has 23 heavy (non-hydrogen) atoms. The van der Waals surface area contributed by atoms with Gasteiger partial charge in [0.2, 0.25) is 12.2 Å². The number of piperazine rings is 1. The average Bonchev–Trinajstić information content (AvgIpc) is 2.58. The zero-order valence-corrected chi connectivity index (χ0v) is 13.8. The Morgan fingerprint density at radius 3 is 2.22 bits per heavy atom. The van der Waals surface area contributed by atoms with Crippen LogP contribution in [-0.4, -0.2) is 58.8 Å². The van der Waals surface area contributed by atoms with Crippen molar-refractivity contribution in [1.29, 1.82) is 0 Å². The third-order valence-electron chi connectivity index (χ3n) is 4.09. The lowest BCUT2D eigenvalue weighted by molar-refractivity contribution is 0.0727. The Labute approximate surface area is 135 Å². The first-order valence-electron chi connectivity index (χ1n) is 7.64. The Hall–Kier alpha value is -1.60. The highest BCUT2D eigenvalue weighted by atomic mass is 19.3. The maximum atomic E-state index is 13.2. The van der Waals surface area contributed by atoms with Gasteiger partial charge in [-0.25, -0.2) is 8.78 Å². The molecule has 1 aliphatic rings. The van der Waals surface area contributed by atoms with E-state index in [4.69, 9.17) is 14.2 Å². The number of alkyl halides is 2. The van der Waals surface area contributed by atoms with Crippen molar-refractivity contribution in [2.24, 2.45) is 0 Å². The lowest BCUT2D eigenvalue weighted by atomic mass is 9.99. The van der Waals surface area contributed by atoms with Gasteiger partial charge >= 0.3 is 0 Å². The molecule has 1 atom stereocenters. The SMILES string of the molecule is COc1ccc([C@@H](CC(F)F)N2CCNCC2)c(OC)c1OC. The smallest absolute Gasteiger partial charge is 0.240 e. The lowest BCUT2D eigenvalue weighted by Crippen LogP contribution is -2.45. The molecule has 2 rings (SSSR count). The average molecular weight is 330 g/mol. The van der Waals surface area contributed by atoms with Crippen molar-refractivity contribution >= 4 is 0 Å². The van der Waals surface area contributed by atoms with Gasteiger partial charge in [0.1, 0.15) is 0 Å². The highest BCUT2D eigenvalue weighted by molar-refractivity contribution is 5.56. The summed E-state index contributed by atoms with van der Waals surface area (Å²) in [5, 5.41) is 3.24. The van der Waals surface area contributed by atoms with Crippen LogP contribution in [0.3, 0.4) is 0 Å². The fourth-order valence-corrected chi connectivity index (χ4v) is 3.02. The zero-order chi connectivity index (χ0) is 16.8. The summed E-state index contributed by atoms with van der Waals surface area (Å²) in [6, 6.07) is 3.10. The zero-order valence-electron chi connectivity index (χ0n) is 13.8. The van der Waals surface area contributed by atoms with E-state index in [1.165, 1.54) is 21.3 Å². The number of benzene rings is 1. The monoisotopic (exact) mass is 330 g/mol. The summed E-state index contributed by atoms with van der Waals surface area (Å²) in [6.45, 7) is 3.01. The number of halogens is 2. The second-order valence-corrected chi connectivity index (χ2v) is 5.35. The number of nitrogens with zero attached hydrogens (tertiary/aromatic N) is 1. The van der Waals surface area contributed by atoms with E-state index in [2.05, 4.69) is 10.2 Å². The summed E-state index contributed by atoms with van der Waals surface area (Å²) < 4.78 is 42.4. The van der Waals surface area contributed by atoms with E-state index in [1.807, 2.05) is 0 Å². The van der Waals surface area contributed by atoms with E-state index in [9.17, 15) is 8.78 Å². The minimum atomic E-state index is -2.40. The molecule has 0 unspecified atom stereocenters. The maximum absolute atomic E-state index is 13.2. The van der Waals surface area contributed by atoms with Gasteiger partial charge in [0.05, 0.1) is 21.3 Å². The molecule has 0 aromatic heterocycles. The van der Waals surface area contributed by atoms with Crippen LogP contribution in [-0.2, 0) is 0 Å². The van der Waals surface area contributed by atoms with Crippen LogP contribution in [0.1, 0.15) is 18.0 Å². The molecule has 0 spiro atoms. The molecule has 5 nitrogen and oxygen atoms in total. The molecule has 1 aromatic carbocycles. The van der Waals surface area contributed by atoms with Crippen molar-refractivity contribution in [3.63, 3.8) is 0 Å². The van der Waals surface area contributed by atoms with E-state index >= 15 is 0 Å². The van der Waals surface area contributed by atoms with Gasteiger partial charge in [0.15, 0.2) is 11.5 Å². The molecule has 0 radical (unpaired) electrons. The van der Waals surface area contributed by atoms with Crippen molar-refractivity contribution in [1.82, 2.24) is 10.2 Å². The normalized spacial score (nSPS) is 17.1. The molecule has 1 N–H and O–H groups in total. The minimum absolute atomic E-state index is 0.244. The molecule has 0 bridgehead atoms. The predicted molar refractivity (Wildman–Crippen MR) is 83.9 cm³/mol. The van der Waals surface area contributed by atoms with Crippen LogP contribution in [0.25, 0.3) is 0 Å². The van der Waals surface area contributed by atoms with Gasteiger partial charge < -0.3 is 19.5 Å². The van der Waals surface area contributed by atoms with Crippen molar-refractivity contribution in [3.8, 4) is 17.2 Å². The Balaban J connectivity index is 2.44. The lowest BCUT2D eigenvalue weighted by Gasteiger charge is -2.36. The van der Waals surface area contributed by atoms with Crippen LogP contribution in [0.15, 0.2) is 12.1 Å². The number of methoxy groups -OCH3 is 3. The fourth-order valence-electron chi connectivity index (χ4n) is 3.02. The molecule has 130 valence electrons. The summed E-state index contributed by atoms with van der Waals surface area (Å²) in [7, 11) is 4.55. The first kappa shape index (κ1) is 17.7. The number of ether oxygens (including phenoxy) is 3. The van der Waals surface area contributed by atoms with Crippen LogP contribution in [0.2, 0.25) is 0 Å². The third kappa shape index (κ3) is 4.03. The maximum Gasteiger partial charge on any atom is 0.240 e. The van der Waals surface area contributed by atoms with Gasteiger partial charge in [0, 0.05) is 44.2 Å². The fraction of sp³-hybridized carbons (Fsp3) is 0.625. The van der Waals surface area contributed by atoms with E-state index in [1.54, 1.807) is 12.1 Å². The second kappa shape index (κ2) is 8.31. The van der Waals surface area contributed by atoms with Crippen molar-refractivity contribution in [3.05, 3.63) is 17.7 Å². The molecule has 1 saturated heterocycles. The summed E-state index contributed by atoms with van der Waals surface area (Å²) in [5.41, 5.74) is 0.701. The van der Waals surface area contributed by atoms with Crippen LogP contribution in [0, 0.1) is 0 Å². The minimum Gasteiger partial charge on any atom is -0.493 e. The third-order valence-corrected chi connectivity index (χ3v) is 4.09. The van der Waals surface area contributed by atoms with Crippen LogP contribution >= 0.6 is 0 Å². The summed E-state index contributed by atoms with van der Waals surface area (Å²) in [5.74, 6) is 1.40. The second-order valence-electron chi connectivity index (χ2n) is 5.35. The number of hydrogen-bond donors (Lipinski definition) is 1. The first-order valence-corrected chi connectivity index (χ1v) is 7.64. The number of rotatable bonds is 7. The molecule has 0 aliphatic carbocycles. The number of hydrogen-bond acceptors (Lipinski definition) is 5. The molecule has 1 fully saturated rings. The van der Waals surface area contributed by atoms with Gasteiger partial charge in [-0.2, -0.15) is 0 Å². The quantitative estimate of drug-likeness (QED) is 0.831. The molecular weight excluding hydrogens is 306 g/mol. The molecule has 0 amide bonds. The first-order chi connectivity index (χ1) is 11.1. The van der Waals surface area contributed by atoms with Crippen LogP contribution in [0.4, 0.5) is 8.78 Å².